The van der Waals surface area contributed by atoms with Crippen LogP contribution >= 0.6 is 0 Å². The molecule has 1 atom stereocenters. The van der Waals surface area contributed by atoms with Gasteiger partial charge in [-0.3, -0.25) is 9.48 Å². The topological polar surface area (TPSA) is 56.2 Å². The first-order valence-electron chi connectivity index (χ1n) is 6.81. The number of nitrogens with zero attached hydrogens (tertiary/aromatic N) is 2. The fourth-order valence-electron chi connectivity index (χ4n) is 1.81. The molecule has 0 saturated heterocycles. The van der Waals surface area contributed by atoms with Crippen LogP contribution in [-0.2, 0) is 6.54 Å². The summed E-state index contributed by atoms with van der Waals surface area (Å²) in [5, 5.41) is 6.80. The van der Waals surface area contributed by atoms with E-state index in [0.717, 1.165) is 0 Å². The van der Waals surface area contributed by atoms with E-state index in [4.69, 9.17) is 4.74 Å². The fraction of sp³-hybridized carbons (Fsp3) is 0.333. The summed E-state index contributed by atoms with van der Waals surface area (Å²) in [5.41, 5.74) is 0.509. The quantitative estimate of drug-likeness (QED) is 0.888. The SMILES string of the molecule is CCn1cc(C(=O)NC[C@@H](C)Oc2cccc(F)c2)cn1. The number of ether oxygens (including phenoxy) is 1. The first-order valence-corrected chi connectivity index (χ1v) is 6.81. The lowest BCUT2D eigenvalue weighted by molar-refractivity contribution is 0.0932. The second-order valence-electron chi connectivity index (χ2n) is 4.68. The average Bonchev–Trinajstić information content (AvgIpc) is 2.94. The van der Waals surface area contributed by atoms with Gasteiger partial charge in [0.25, 0.3) is 5.91 Å². The van der Waals surface area contributed by atoms with Crippen molar-refractivity contribution in [2.45, 2.75) is 26.5 Å². The van der Waals surface area contributed by atoms with Crippen LogP contribution in [0.2, 0.25) is 0 Å². The molecule has 2 aromatic rings. The Kier molecular flexibility index (Phi) is 4.92. The van der Waals surface area contributed by atoms with E-state index in [0.29, 0.717) is 24.4 Å². The predicted molar refractivity (Wildman–Crippen MR) is 76.7 cm³/mol. The van der Waals surface area contributed by atoms with Crippen molar-refractivity contribution in [1.82, 2.24) is 15.1 Å². The van der Waals surface area contributed by atoms with Gasteiger partial charge in [-0.1, -0.05) is 6.07 Å². The molecule has 2 rings (SSSR count). The highest BCUT2D eigenvalue weighted by Crippen LogP contribution is 2.13. The number of aromatic nitrogens is 2. The number of nitrogens with one attached hydrogen (secondary N) is 1. The Balaban J connectivity index is 1.83. The molecule has 6 heteroatoms. The van der Waals surface area contributed by atoms with Crippen LogP contribution in [0.25, 0.3) is 0 Å². The zero-order valence-corrected chi connectivity index (χ0v) is 12.0. The normalized spacial score (nSPS) is 12.0. The molecule has 1 amide bonds. The number of halogens is 1. The second-order valence-corrected chi connectivity index (χ2v) is 4.68. The minimum atomic E-state index is -0.351. The molecule has 1 aromatic heterocycles. The number of amides is 1. The third-order valence-corrected chi connectivity index (χ3v) is 2.90. The summed E-state index contributed by atoms with van der Waals surface area (Å²) in [7, 11) is 0. The molecule has 21 heavy (non-hydrogen) atoms. The third kappa shape index (κ3) is 4.30. The van der Waals surface area contributed by atoms with Gasteiger partial charge < -0.3 is 10.1 Å². The Morgan fingerprint density at radius 1 is 1.52 bits per heavy atom. The number of rotatable bonds is 6. The zero-order valence-electron chi connectivity index (χ0n) is 12.0. The monoisotopic (exact) mass is 291 g/mol. The summed E-state index contributed by atoms with van der Waals surface area (Å²) in [5.74, 6) is -0.115. The molecule has 0 radical (unpaired) electrons. The Hall–Kier alpha value is -2.37. The highest BCUT2D eigenvalue weighted by atomic mass is 19.1. The molecule has 5 nitrogen and oxygen atoms in total. The summed E-state index contributed by atoms with van der Waals surface area (Å²) < 4.78 is 20.2. The van der Waals surface area contributed by atoms with Crippen LogP contribution < -0.4 is 10.1 Å². The molecule has 0 fully saturated rings. The van der Waals surface area contributed by atoms with E-state index in [1.54, 1.807) is 29.9 Å². The van der Waals surface area contributed by atoms with E-state index >= 15 is 0 Å². The lowest BCUT2D eigenvalue weighted by atomic mass is 10.3. The molecule has 0 saturated carbocycles. The summed E-state index contributed by atoms with van der Waals surface area (Å²) in [6.45, 7) is 4.79. The van der Waals surface area contributed by atoms with Gasteiger partial charge in [-0.05, 0) is 26.0 Å². The zero-order chi connectivity index (χ0) is 15.2. The largest absolute Gasteiger partial charge is 0.489 e. The van der Waals surface area contributed by atoms with Gasteiger partial charge in [-0.2, -0.15) is 5.10 Å². The highest BCUT2D eigenvalue weighted by molar-refractivity contribution is 5.93. The van der Waals surface area contributed by atoms with Crippen LogP contribution in [0.5, 0.6) is 5.75 Å². The van der Waals surface area contributed by atoms with Crippen LogP contribution in [0.3, 0.4) is 0 Å². The number of hydrogen-bond acceptors (Lipinski definition) is 3. The molecule has 1 aromatic carbocycles. The first kappa shape index (κ1) is 15.0. The standard InChI is InChI=1S/C15H18FN3O2/c1-3-19-10-12(9-18-19)15(20)17-8-11(2)21-14-6-4-5-13(16)7-14/h4-7,9-11H,3,8H2,1-2H3,(H,17,20)/t11-/m1/s1. The van der Waals surface area contributed by atoms with E-state index in [2.05, 4.69) is 10.4 Å². The molecule has 1 heterocycles. The van der Waals surface area contributed by atoms with Crippen molar-refractivity contribution in [3.05, 3.63) is 48.0 Å². The number of benzene rings is 1. The van der Waals surface area contributed by atoms with Gasteiger partial charge in [0.15, 0.2) is 0 Å². The maximum Gasteiger partial charge on any atom is 0.254 e. The van der Waals surface area contributed by atoms with Gasteiger partial charge in [0.1, 0.15) is 17.7 Å². The van der Waals surface area contributed by atoms with Crippen LogP contribution in [0, 0.1) is 5.82 Å². The molecular formula is C15H18FN3O2. The van der Waals surface area contributed by atoms with E-state index in [-0.39, 0.29) is 17.8 Å². The van der Waals surface area contributed by atoms with Crippen molar-refractivity contribution >= 4 is 5.91 Å². The summed E-state index contributed by atoms with van der Waals surface area (Å²) in [6.07, 6.45) is 2.95. The van der Waals surface area contributed by atoms with Crippen LogP contribution in [-0.4, -0.2) is 28.3 Å². The summed E-state index contributed by atoms with van der Waals surface area (Å²) >= 11 is 0. The molecule has 0 aliphatic heterocycles. The number of carbonyl (C=O) groups is 1. The van der Waals surface area contributed by atoms with Gasteiger partial charge in [-0.15, -0.1) is 0 Å². The Labute approximate surface area is 122 Å². The maximum atomic E-state index is 13.0. The summed E-state index contributed by atoms with van der Waals surface area (Å²) in [4.78, 5) is 11.9. The van der Waals surface area contributed by atoms with Crippen molar-refractivity contribution in [3.8, 4) is 5.75 Å². The van der Waals surface area contributed by atoms with Crippen molar-refractivity contribution in [2.75, 3.05) is 6.54 Å². The molecule has 0 bridgehead atoms. The van der Waals surface area contributed by atoms with Crippen molar-refractivity contribution in [2.24, 2.45) is 0 Å². The number of carbonyl (C=O) groups excluding carboxylic acids is 1. The lowest BCUT2D eigenvalue weighted by Crippen LogP contribution is -2.33. The fourth-order valence-corrected chi connectivity index (χ4v) is 1.81. The van der Waals surface area contributed by atoms with Crippen LogP contribution in [0.1, 0.15) is 24.2 Å². The van der Waals surface area contributed by atoms with Gasteiger partial charge in [0.05, 0.1) is 18.3 Å². The average molecular weight is 291 g/mol. The van der Waals surface area contributed by atoms with Crippen molar-refractivity contribution in [1.29, 1.82) is 0 Å². The van der Waals surface area contributed by atoms with Gasteiger partial charge in [-0.25, -0.2) is 4.39 Å². The third-order valence-electron chi connectivity index (χ3n) is 2.90. The number of aryl methyl sites for hydroxylation is 1. The molecule has 0 aliphatic rings. The van der Waals surface area contributed by atoms with Gasteiger partial charge in [0.2, 0.25) is 0 Å². The predicted octanol–water partition coefficient (Wildman–Crippen LogP) is 2.24. The summed E-state index contributed by atoms with van der Waals surface area (Å²) in [6, 6.07) is 5.91. The molecule has 112 valence electrons. The first-order chi connectivity index (χ1) is 10.1. The van der Waals surface area contributed by atoms with Crippen molar-refractivity contribution < 1.29 is 13.9 Å². The Bertz CT molecular complexity index is 612. The highest BCUT2D eigenvalue weighted by Gasteiger charge is 2.11. The van der Waals surface area contributed by atoms with E-state index in [1.807, 2.05) is 6.92 Å². The molecule has 0 spiro atoms. The minimum absolute atomic E-state index is 0.204. The van der Waals surface area contributed by atoms with Crippen molar-refractivity contribution in [3.63, 3.8) is 0 Å². The van der Waals surface area contributed by atoms with E-state index in [9.17, 15) is 9.18 Å². The molecule has 0 aliphatic carbocycles. The minimum Gasteiger partial charge on any atom is -0.489 e. The van der Waals surface area contributed by atoms with E-state index in [1.165, 1.54) is 18.3 Å². The van der Waals surface area contributed by atoms with Crippen LogP contribution in [0.4, 0.5) is 4.39 Å². The lowest BCUT2D eigenvalue weighted by Gasteiger charge is -2.15. The molecule has 1 N–H and O–H groups in total. The second kappa shape index (κ2) is 6.88. The smallest absolute Gasteiger partial charge is 0.254 e. The van der Waals surface area contributed by atoms with Gasteiger partial charge in [0, 0.05) is 18.8 Å². The molecule has 0 unspecified atom stereocenters. The Morgan fingerprint density at radius 2 is 2.33 bits per heavy atom. The molecular weight excluding hydrogens is 273 g/mol. The number of hydrogen-bond donors (Lipinski definition) is 1. The Morgan fingerprint density at radius 3 is 3.00 bits per heavy atom. The van der Waals surface area contributed by atoms with E-state index < -0.39 is 0 Å². The van der Waals surface area contributed by atoms with Gasteiger partial charge >= 0.3 is 0 Å². The van der Waals surface area contributed by atoms with Crippen LogP contribution in [0.15, 0.2) is 36.7 Å². The maximum absolute atomic E-state index is 13.0.